The summed E-state index contributed by atoms with van der Waals surface area (Å²) in [7, 11) is 0. The molecule has 0 saturated heterocycles. The third-order valence-corrected chi connectivity index (χ3v) is 0.982. The van der Waals surface area contributed by atoms with Gasteiger partial charge in [-0.3, -0.25) is 10.0 Å². The molecule has 1 amide bonds. The van der Waals surface area contributed by atoms with E-state index in [0.29, 0.717) is 6.42 Å². The summed E-state index contributed by atoms with van der Waals surface area (Å²) in [5.74, 6) is 1.57. The monoisotopic (exact) mass is 127 g/mol. The lowest BCUT2D eigenvalue weighted by molar-refractivity contribution is -0.132. The van der Waals surface area contributed by atoms with E-state index in [-0.39, 0.29) is 5.92 Å². The molecule has 1 atom stereocenters. The van der Waals surface area contributed by atoms with Gasteiger partial charge >= 0.3 is 0 Å². The van der Waals surface area contributed by atoms with Crippen molar-refractivity contribution in [1.82, 2.24) is 5.48 Å². The molecule has 0 aliphatic rings. The largest absolute Gasteiger partial charge is 0.289 e. The van der Waals surface area contributed by atoms with Gasteiger partial charge in [-0.25, -0.2) is 5.48 Å². The molecular weight excluding hydrogens is 118 g/mol. The summed E-state index contributed by atoms with van der Waals surface area (Å²) in [6, 6.07) is 0. The highest BCUT2D eigenvalue weighted by Crippen LogP contribution is 1.97. The summed E-state index contributed by atoms with van der Waals surface area (Å²) >= 11 is 0. The van der Waals surface area contributed by atoms with E-state index in [1.165, 1.54) is 5.48 Å². The average Bonchev–Trinajstić information content (AvgIpc) is 1.87. The van der Waals surface area contributed by atoms with Crippen LogP contribution in [0.2, 0.25) is 0 Å². The average molecular weight is 127 g/mol. The van der Waals surface area contributed by atoms with Crippen molar-refractivity contribution >= 4 is 5.91 Å². The van der Waals surface area contributed by atoms with Crippen molar-refractivity contribution in [3.63, 3.8) is 0 Å². The lowest BCUT2D eigenvalue weighted by atomic mass is 10.1. The molecule has 0 spiro atoms. The molecule has 0 saturated carbocycles. The van der Waals surface area contributed by atoms with E-state index in [0.717, 1.165) is 0 Å². The Balaban J connectivity index is 3.62. The Morgan fingerprint density at radius 1 is 2.00 bits per heavy atom. The minimum absolute atomic E-state index is 0.306. The molecule has 0 aliphatic heterocycles. The Morgan fingerprint density at radius 2 is 2.56 bits per heavy atom. The zero-order valence-electron chi connectivity index (χ0n) is 5.22. The fourth-order valence-corrected chi connectivity index (χ4v) is 0.380. The van der Waals surface area contributed by atoms with Crippen LogP contribution in [-0.2, 0) is 4.79 Å². The normalized spacial score (nSPS) is 11.7. The van der Waals surface area contributed by atoms with Crippen molar-refractivity contribution in [3.8, 4) is 12.3 Å². The predicted octanol–water partition coefficient (Wildman–Crippen LogP) is 0.151. The number of carbonyl (C=O) groups is 1. The van der Waals surface area contributed by atoms with Gasteiger partial charge in [0.1, 0.15) is 0 Å². The van der Waals surface area contributed by atoms with E-state index < -0.39 is 5.91 Å². The van der Waals surface area contributed by atoms with E-state index in [2.05, 4.69) is 5.92 Å². The van der Waals surface area contributed by atoms with Gasteiger partial charge in [0.15, 0.2) is 0 Å². The zero-order chi connectivity index (χ0) is 7.28. The Hall–Kier alpha value is -1.01. The molecule has 9 heavy (non-hydrogen) atoms. The SMILES string of the molecule is C#CCC(C)C(=O)NO. The first kappa shape index (κ1) is 7.99. The van der Waals surface area contributed by atoms with Crippen molar-refractivity contribution in [3.05, 3.63) is 0 Å². The number of hydroxylamine groups is 1. The van der Waals surface area contributed by atoms with Crippen LogP contribution in [0.4, 0.5) is 0 Å². The fraction of sp³-hybridized carbons (Fsp3) is 0.500. The predicted molar refractivity (Wildman–Crippen MR) is 32.5 cm³/mol. The first-order valence-corrected chi connectivity index (χ1v) is 2.59. The standard InChI is InChI=1S/C6H9NO2/c1-3-4-5(2)6(8)7-9/h1,5,9H,4H2,2H3,(H,7,8). The van der Waals surface area contributed by atoms with Crippen LogP contribution in [0.25, 0.3) is 0 Å². The van der Waals surface area contributed by atoms with Gasteiger partial charge in [0.2, 0.25) is 5.91 Å². The number of carbonyl (C=O) groups excluding carboxylic acids is 1. The number of amides is 1. The molecule has 0 aromatic carbocycles. The maximum absolute atomic E-state index is 10.4. The first-order valence-electron chi connectivity index (χ1n) is 2.59. The minimum atomic E-state index is -0.437. The molecule has 0 rings (SSSR count). The highest BCUT2D eigenvalue weighted by Gasteiger charge is 2.08. The summed E-state index contributed by atoms with van der Waals surface area (Å²) in [6.07, 6.45) is 5.26. The van der Waals surface area contributed by atoms with Gasteiger partial charge in [-0.2, -0.15) is 0 Å². The molecule has 2 N–H and O–H groups in total. The van der Waals surface area contributed by atoms with Gasteiger partial charge < -0.3 is 0 Å². The number of hydrogen-bond donors (Lipinski definition) is 2. The van der Waals surface area contributed by atoms with Crippen LogP contribution in [0, 0.1) is 18.3 Å². The van der Waals surface area contributed by atoms with Crippen molar-refractivity contribution in [1.29, 1.82) is 0 Å². The molecule has 0 aromatic heterocycles. The minimum Gasteiger partial charge on any atom is -0.289 e. The molecule has 0 radical (unpaired) electrons. The Labute approximate surface area is 54.0 Å². The molecule has 0 heterocycles. The quantitative estimate of drug-likeness (QED) is 0.315. The second-order valence-electron chi connectivity index (χ2n) is 1.79. The lowest BCUT2D eigenvalue weighted by Gasteiger charge is -2.02. The van der Waals surface area contributed by atoms with E-state index >= 15 is 0 Å². The van der Waals surface area contributed by atoms with Gasteiger partial charge in [0.25, 0.3) is 0 Å². The molecule has 3 heteroatoms. The molecule has 1 unspecified atom stereocenters. The number of hydrogen-bond acceptors (Lipinski definition) is 2. The van der Waals surface area contributed by atoms with Gasteiger partial charge in [-0.05, 0) is 0 Å². The van der Waals surface area contributed by atoms with Crippen LogP contribution in [-0.4, -0.2) is 11.1 Å². The molecule has 0 fully saturated rings. The molecule has 0 aliphatic carbocycles. The number of nitrogens with one attached hydrogen (secondary N) is 1. The van der Waals surface area contributed by atoms with Crippen molar-refractivity contribution in [2.75, 3.05) is 0 Å². The van der Waals surface area contributed by atoms with Crippen molar-refractivity contribution in [2.24, 2.45) is 5.92 Å². The fourth-order valence-electron chi connectivity index (χ4n) is 0.380. The Bertz CT molecular complexity index is 136. The highest BCUT2D eigenvalue weighted by molar-refractivity contribution is 5.77. The van der Waals surface area contributed by atoms with Crippen LogP contribution < -0.4 is 5.48 Å². The molecule has 50 valence electrons. The molecule has 0 bridgehead atoms. The summed E-state index contributed by atoms with van der Waals surface area (Å²) in [6.45, 7) is 1.64. The maximum Gasteiger partial charge on any atom is 0.247 e. The van der Waals surface area contributed by atoms with Crippen LogP contribution in [0.1, 0.15) is 13.3 Å². The Kier molecular flexibility index (Phi) is 3.49. The second kappa shape index (κ2) is 3.93. The van der Waals surface area contributed by atoms with Crippen molar-refractivity contribution in [2.45, 2.75) is 13.3 Å². The zero-order valence-corrected chi connectivity index (χ0v) is 5.22. The van der Waals surface area contributed by atoms with Gasteiger partial charge in [0, 0.05) is 12.3 Å². The maximum atomic E-state index is 10.4. The highest BCUT2D eigenvalue weighted by atomic mass is 16.5. The molecule has 3 nitrogen and oxygen atoms in total. The van der Waals surface area contributed by atoms with E-state index in [1.807, 2.05) is 0 Å². The van der Waals surface area contributed by atoms with E-state index in [1.54, 1.807) is 6.92 Å². The smallest absolute Gasteiger partial charge is 0.247 e. The summed E-state index contributed by atoms with van der Waals surface area (Å²) < 4.78 is 0. The van der Waals surface area contributed by atoms with Gasteiger partial charge in [0.05, 0.1) is 0 Å². The molecular formula is C6H9NO2. The lowest BCUT2D eigenvalue weighted by Crippen LogP contribution is -2.25. The Morgan fingerprint density at radius 3 is 2.89 bits per heavy atom. The van der Waals surface area contributed by atoms with E-state index in [4.69, 9.17) is 11.6 Å². The third kappa shape index (κ3) is 2.73. The summed E-state index contributed by atoms with van der Waals surface area (Å²) in [4.78, 5) is 10.4. The third-order valence-electron chi connectivity index (χ3n) is 0.982. The van der Waals surface area contributed by atoms with Crippen LogP contribution in [0.15, 0.2) is 0 Å². The number of terminal acetylenes is 1. The van der Waals surface area contributed by atoms with E-state index in [9.17, 15) is 4.79 Å². The van der Waals surface area contributed by atoms with Crippen LogP contribution in [0.5, 0.6) is 0 Å². The topological polar surface area (TPSA) is 49.3 Å². The molecule has 0 aromatic rings. The van der Waals surface area contributed by atoms with Crippen molar-refractivity contribution < 1.29 is 10.0 Å². The van der Waals surface area contributed by atoms with Crippen LogP contribution in [0.3, 0.4) is 0 Å². The van der Waals surface area contributed by atoms with Gasteiger partial charge in [-0.15, -0.1) is 12.3 Å². The summed E-state index contributed by atoms with van der Waals surface area (Å²) in [5.41, 5.74) is 1.52. The second-order valence-corrected chi connectivity index (χ2v) is 1.79. The van der Waals surface area contributed by atoms with Gasteiger partial charge in [-0.1, -0.05) is 6.92 Å². The summed E-state index contributed by atoms with van der Waals surface area (Å²) in [5, 5.41) is 8.06. The van der Waals surface area contributed by atoms with Crippen LogP contribution >= 0.6 is 0 Å². The first-order chi connectivity index (χ1) is 4.22. The number of rotatable bonds is 2.